The number of Topliss-reactive ketones (excluding diaryl/α,β-unsaturated/α-hetero) is 1. The smallest absolute Gasteiger partial charge is 0.341 e. The van der Waals surface area contributed by atoms with Crippen LogP contribution < -0.4 is 10.7 Å². The number of benzene rings is 1. The number of carbonyl (C=O) groups is 4. The van der Waals surface area contributed by atoms with E-state index < -0.39 is 119 Å². The van der Waals surface area contributed by atoms with Crippen molar-refractivity contribution in [1.82, 2.24) is 14.8 Å². The highest BCUT2D eigenvalue weighted by Crippen LogP contribution is 2.43. The molecule has 4 aliphatic rings. The molecule has 0 spiro atoms. The van der Waals surface area contributed by atoms with Crippen molar-refractivity contribution in [2.45, 2.75) is 216 Å². The second-order valence-electron chi connectivity index (χ2n) is 23.4. The van der Waals surface area contributed by atoms with Gasteiger partial charge in [-0.3, -0.25) is 19.2 Å². The van der Waals surface area contributed by atoms with Crippen LogP contribution >= 0.6 is 11.8 Å². The number of nitrogens with zero attached hydrogens (tertiary/aromatic N) is 2. The van der Waals surface area contributed by atoms with Gasteiger partial charge in [-0.25, -0.2) is 4.79 Å². The van der Waals surface area contributed by atoms with Crippen molar-refractivity contribution in [3.8, 4) is 0 Å². The standard InChI is InChI=1S/C57H89N3O17S/c1-16-41-57(11,69)49(65)32(5)45(62)29(2)26-55(9,70-14)50(77-54-47(64)40(59(12)13)23-31(4)72-54)33(6)48(34(7)53(68)74-41)76-43-27-56(10,71-15)51(35(8)73-43)75-42(61)19-20-58-21-22-78-37-24-36-18-17-30(3)60-28-39(52(66)67)46(63)38(25-37)44(36)60/h24-25,28-35,40-41,43,47-51,54,58,64-65,69H,16-23,26-27H2,1-15H3,(H,66,67)/t29-,30?,31+,32+,33+,34-,35+,40-,41-,43+,47+,48+,49-,50-,51+,54-,55-,56-,57-/m1/s1. The van der Waals surface area contributed by atoms with Gasteiger partial charge in [0.2, 0.25) is 5.43 Å². The van der Waals surface area contributed by atoms with Crippen LogP contribution in [0.25, 0.3) is 10.9 Å². The van der Waals surface area contributed by atoms with Crippen molar-refractivity contribution < 1.29 is 77.5 Å². The fourth-order valence-corrected chi connectivity index (χ4v) is 13.3. The lowest BCUT2D eigenvalue weighted by atomic mass is 9.74. The molecular formula is C57H89N3O17S. The fraction of sp³-hybridized carbons (Fsp3) is 0.772. The highest BCUT2D eigenvalue weighted by Gasteiger charge is 2.55. The van der Waals surface area contributed by atoms with Gasteiger partial charge in [0.1, 0.15) is 34.8 Å². The van der Waals surface area contributed by atoms with Gasteiger partial charge in [-0.2, -0.15) is 0 Å². The number of cyclic esters (lactones) is 1. The number of likely N-dealkylation sites (N-methyl/N-ethyl adjacent to an activating group) is 1. The molecule has 0 radical (unpaired) electrons. The Morgan fingerprint density at radius 3 is 2.21 bits per heavy atom. The number of aromatic nitrogens is 1. The zero-order valence-corrected chi connectivity index (χ0v) is 49.3. The molecular weight excluding hydrogens is 1030 g/mol. The summed E-state index contributed by atoms with van der Waals surface area (Å²) in [4.78, 5) is 70.3. The zero-order chi connectivity index (χ0) is 57.9. The van der Waals surface area contributed by atoms with E-state index in [9.17, 15) is 44.4 Å². The Labute approximate surface area is 463 Å². The van der Waals surface area contributed by atoms with E-state index in [1.807, 2.05) is 44.3 Å². The summed E-state index contributed by atoms with van der Waals surface area (Å²) in [6.07, 6.45) is -6.51. The molecule has 1 aromatic carbocycles. The molecule has 20 nitrogen and oxygen atoms in total. The van der Waals surface area contributed by atoms with Gasteiger partial charge in [-0.05, 0) is 112 Å². The summed E-state index contributed by atoms with van der Waals surface area (Å²) in [5, 5.41) is 48.7. The first-order valence-electron chi connectivity index (χ1n) is 27.7. The molecule has 5 N–H and O–H groups in total. The average Bonchev–Trinajstić information content (AvgIpc) is 3.49. The maximum absolute atomic E-state index is 14.6. The van der Waals surface area contributed by atoms with E-state index in [1.165, 1.54) is 39.1 Å². The number of rotatable bonds is 17. The first kappa shape index (κ1) is 63.6. The van der Waals surface area contributed by atoms with Crippen molar-refractivity contribution in [2.75, 3.05) is 47.2 Å². The Hall–Kier alpha value is -3.58. The number of aliphatic hydroxyl groups is 3. The number of aliphatic hydroxyl groups excluding tert-OH is 2. The Balaban J connectivity index is 1.19. The molecule has 5 heterocycles. The van der Waals surface area contributed by atoms with Crippen LogP contribution in [0, 0.1) is 23.7 Å². The number of hydrogen-bond donors (Lipinski definition) is 5. The number of carbonyl (C=O) groups excluding carboxylic acids is 3. The van der Waals surface area contributed by atoms with Crippen LogP contribution in [0.5, 0.6) is 0 Å². The Morgan fingerprint density at radius 1 is 0.910 bits per heavy atom. The third kappa shape index (κ3) is 13.7. The van der Waals surface area contributed by atoms with Crippen LogP contribution in [0.4, 0.5) is 0 Å². The summed E-state index contributed by atoms with van der Waals surface area (Å²) >= 11 is 1.53. The zero-order valence-electron chi connectivity index (χ0n) is 48.4. The van der Waals surface area contributed by atoms with E-state index in [0.717, 1.165) is 28.8 Å². The molecule has 3 saturated heterocycles. The minimum Gasteiger partial charge on any atom is -0.477 e. The second kappa shape index (κ2) is 26.1. The molecule has 0 saturated carbocycles. The predicted octanol–water partition coefficient (Wildman–Crippen LogP) is 5.28. The predicted molar refractivity (Wildman–Crippen MR) is 291 cm³/mol. The Bertz CT molecular complexity index is 2490. The number of hydrogen-bond acceptors (Lipinski definition) is 19. The first-order chi connectivity index (χ1) is 36.5. The highest BCUT2D eigenvalue weighted by atomic mass is 32.2. The number of methoxy groups -OCH3 is 2. The molecule has 4 aliphatic heterocycles. The summed E-state index contributed by atoms with van der Waals surface area (Å²) in [5.41, 5.74) is -3.47. The van der Waals surface area contributed by atoms with Gasteiger partial charge in [-0.1, -0.05) is 27.7 Å². The lowest BCUT2D eigenvalue weighted by Crippen LogP contribution is -2.61. The summed E-state index contributed by atoms with van der Waals surface area (Å²) in [6, 6.07) is 3.57. The molecule has 78 heavy (non-hydrogen) atoms. The monoisotopic (exact) mass is 1120 g/mol. The van der Waals surface area contributed by atoms with E-state index in [4.69, 9.17) is 37.9 Å². The van der Waals surface area contributed by atoms with Crippen LogP contribution in [-0.2, 0) is 58.7 Å². The van der Waals surface area contributed by atoms with Crippen LogP contribution in [0.3, 0.4) is 0 Å². The third-order valence-corrected chi connectivity index (χ3v) is 18.2. The van der Waals surface area contributed by atoms with Gasteiger partial charge >= 0.3 is 17.9 Å². The van der Waals surface area contributed by atoms with Gasteiger partial charge in [0.25, 0.3) is 0 Å². The van der Waals surface area contributed by atoms with Gasteiger partial charge in [0.15, 0.2) is 18.7 Å². The average molecular weight is 1120 g/mol. The number of ketones is 1. The number of aryl methyl sites for hydroxylation is 1. The third-order valence-electron chi connectivity index (χ3n) is 17.3. The number of pyridine rings is 1. The molecule has 21 heteroatoms. The fourth-order valence-electron chi connectivity index (χ4n) is 12.4. The molecule has 2 aromatic rings. The maximum Gasteiger partial charge on any atom is 0.341 e. The normalized spacial score (nSPS) is 38.2. The van der Waals surface area contributed by atoms with Crippen molar-refractivity contribution >= 4 is 46.4 Å². The first-order valence-corrected chi connectivity index (χ1v) is 28.7. The minimum atomic E-state index is -2.03. The maximum atomic E-state index is 14.6. The Kier molecular flexibility index (Phi) is 21.3. The van der Waals surface area contributed by atoms with Crippen molar-refractivity contribution in [2.24, 2.45) is 23.7 Å². The number of aromatic carboxylic acids is 1. The van der Waals surface area contributed by atoms with Gasteiger partial charge in [0, 0.05) is 85.8 Å². The molecule has 0 aliphatic carbocycles. The molecule has 19 atom stereocenters. The number of ether oxygens (including phenoxy) is 8. The topological polar surface area (TPSA) is 260 Å². The van der Waals surface area contributed by atoms with Crippen LogP contribution in [0.1, 0.15) is 137 Å². The lowest BCUT2D eigenvalue weighted by Gasteiger charge is -2.50. The highest BCUT2D eigenvalue weighted by molar-refractivity contribution is 7.99. The molecule has 1 unspecified atom stereocenters. The number of carboxylic acids is 1. The second-order valence-corrected chi connectivity index (χ2v) is 24.6. The molecule has 440 valence electrons. The summed E-state index contributed by atoms with van der Waals surface area (Å²) in [7, 11) is 6.73. The molecule has 0 bridgehead atoms. The van der Waals surface area contributed by atoms with Gasteiger partial charge in [0.05, 0.1) is 54.0 Å². The van der Waals surface area contributed by atoms with Crippen molar-refractivity contribution in [3.63, 3.8) is 0 Å². The Morgan fingerprint density at radius 2 is 1.58 bits per heavy atom. The van der Waals surface area contributed by atoms with E-state index in [1.54, 1.807) is 54.5 Å². The largest absolute Gasteiger partial charge is 0.477 e. The lowest BCUT2D eigenvalue weighted by molar-refractivity contribution is -0.320. The van der Waals surface area contributed by atoms with E-state index >= 15 is 0 Å². The summed E-state index contributed by atoms with van der Waals surface area (Å²) in [6.45, 7) is 19.9. The van der Waals surface area contributed by atoms with Crippen LogP contribution in [0.15, 0.2) is 28.0 Å². The van der Waals surface area contributed by atoms with E-state index in [0.29, 0.717) is 30.6 Å². The van der Waals surface area contributed by atoms with Crippen molar-refractivity contribution in [3.05, 3.63) is 39.7 Å². The van der Waals surface area contributed by atoms with Crippen molar-refractivity contribution in [1.29, 1.82) is 0 Å². The summed E-state index contributed by atoms with van der Waals surface area (Å²) < 4.78 is 53.3. The quantitative estimate of drug-likeness (QED) is 0.0766. The van der Waals surface area contributed by atoms with Crippen LogP contribution in [-0.4, -0.2) is 185 Å². The molecule has 6 rings (SSSR count). The summed E-state index contributed by atoms with van der Waals surface area (Å²) in [5.74, 6) is -5.97. The number of thioether (sulfide) groups is 1. The number of nitrogens with one attached hydrogen (secondary N) is 1. The molecule has 3 fully saturated rings. The number of carboxylic acid groups (broad SMARTS) is 1. The number of esters is 2. The van der Waals surface area contributed by atoms with Crippen LogP contribution in [0.2, 0.25) is 0 Å². The van der Waals surface area contributed by atoms with Gasteiger partial charge in [-0.15, -0.1) is 11.8 Å². The van der Waals surface area contributed by atoms with Gasteiger partial charge < -0.3 is 73.1 Å². The minimum absolute atomic E-state index is 0.0293. The van der Waals surface area contributed by atoms with E-state index in [-0.39, 0.29) is 55.2 Å². The molecule has 1 aromatic heterocycles. The molecule has 0 amide bonds. The SMILES string of the molecule is CC[C@H]1OC(=O)[C@H](C)[C@@H](O[C@H]2C[C@@](C)(OC)[C@@H](OC(=O)CCNCCSc3cc4c5c(c3)c(=O)c(C(=O)O)cn5C(C)CC4)[C@H](C)O2)[C@H](C)[C@@H](O[C@H]2O[C@@H](C)C[C@@H](N(C)C)[C@@H]2O)[C@](C)(OC)C[C@@H](C)C(=O)[C@H](C)[C@@H](O)[C@]1(C)O. The van der Waals surface area contributed by atoms with E-state index in [2.05, 4.69) is 11.4 Å².